The molecule has 27 heavy (non-hydrogen) atoms. The molecule has 1 unspecified atom stereocenters. The number of likely N-dealkylation sites (tertiary alicyclic amines) is 1. The molecule has 2 fully saturated rings. The molecule has 4 nitrogen and oxygen atoms in total. The number of ether oxygens (including phenoxy) is 1. The Balaban J connectivity index is 1.57. The van der Waals surface area contributed by atoms with E-state index in [0.29, 0.717) is 5.56 Å². The van der Waals surface area contributed by atoms with Gasteiger partial charge < -0.3 is 14.7 Å². The van der Waals surface area contributed by atoms with Crippen LogP contribution in [0.15, 0.2) is 42.0 Å². The van der Waals surface area contributed by atoms with E-state index >= 15 is 0 Å². The molecule has 1 saturated heterocycles. The minimum absolute atomic E-state index is 0.0310. The van der Waals surface area contributed by atoms with Gasteiger partial charge in [-0.2, -0.15) is 0 Å². The molecule has 1 aliphatic heterocycles. The fourth-order valence-electron chi connectivity index (χ4n) is 4.07. The first-order chi connectivity index (χ1) is 13.0. The van der Waals surface area contributed by atoms with E-state index in [4.69, 9.17) is 4.74 Å². The molecule has 1 aromatic rings. The molecule has 0 amide bonds. The number of aliphatic hydroxyl groups is 1. The van der Waals surface area contributed by atoms with E-state index < -0.39 is 11.6 Å². The highest BCUT2D eigenvalue weighted by molar-refractivity contribution is 5.82. The monoisotopic (exact) mass is 371 g/mol. The van der Waals surface area contributed by atoms with E-state index in [0.717, 1.165) is 58.2 Å². The van der Waals surface area contributed by atoms with E-state index in [1.165, 1.54) is 5.57 Å². The van der Waals surface area contributed by atoms with E-state index in [2.05, 4.69) is 24.8 Å². The lowest BCUT2D eigenvalue weighted by atomic mass is 9.69. The second kappa shape index (κ2) is 9.03. The van der Waals surface area contributed by atoms with Crippen LogP contribution < -0.4 is 0 Å². The van der Waals surface area contributed by atoms with Crippen molar-refractivity contribution < 1.29 is 14.6 Å². The fraction of sp³-hybridized carbons (Fsp3) is 0.609. The predicted molar refractivity (Wildman–Crippen MR) is 107 cm³/mol. The normalized spacial score (nSPS) is 21.1. The van der Waals surface area contributed by atoms with E-state index in [1.807, 2.05) is 30.3 Å². The molecule has 3 rings (SSSR count). The highest BCUT2D eigenvalue weighted by Gasteiger charge is 2.49. The lowest BCUT2D eigenvalue weighted by molar-refractivity contribution is -0.185. The second-order valence-electron chi connectivity index (χ2n) is 8.28. The number of esters is 1. The molecule has 0 spiro atoms. The Morgan fingerprint density at radius 1 is 1.19 bits per heavy atom. The minimum atomic E-state index is -1.50. The number of piperidine rings is 1. The van der Waals surface area contributed by atoms with Gasteiger partial charge in [0.05, 0.1) is 0 Å². The molecule has 0 radical (unpaired) electrons. The van der Waals surface area contributed by atoms with Crippen LogP contribution in [0, 0.1) is 5.92 Å². The van der Waals surface area contributed by atoms with Crippen LogP contribution in [0.25, 0.3) is 0 Å². The molecule has 0 aromatic heterocycles. The number of hydrogen-bond acceptors (Lipinski definition) is 4. The summed E-state index contributed by atoms with van der Waals surface area (Å²) in [6.45, 7) is 7.20. The molecular formula is C23H33NO3. The molecule has 1 atom stereocenters. The van der Waals surface area contributed by atoms with Crippen molar-refractivity contribution >= 4 is 5.97 Å². The SMILES string of the molecule is CC(C)=CCCN1CCC(OC(=O)C(O)(c2ccccc2)C2CCC2)CC1. The van der Waals surface area contributed by atoms with Crippen LogP contribution in [0.3, 0.4) is 0 Å². The first-order valence-electron chi connectivity index (χ1n) is 10.3. The molecule has 1 heterocycles. The molecule has 1 aromatic carbocycles. The summed E-state index contributed by atoms with van der Waals surface area (Å²) in [5, 5.41) is 11.3. The number of carbonyl (C=O) groups is 1. The van der Waals surface area contributed by atoms with Crippen molar-refractivity contribution in [2.75, 3.05) is 19.6 Å². The number of nitrogens with zero attached hydrogens (tertiary/aromatic N) is 1. The Morgan fingerprint density at radius 3 is 2.41 bits per heavy atom. The first-order valence-corrected chi connectivity index (χ1v) is 10.3. The quantitative estimate of drug-likeness (QED) is 0.580. The summed E-state index contributed by atoms with van der Waals surface area (Å²) >= 11 is 0. The number of rotatable bonds is 7. The third-order valence-corrected chi connectivity index (χ3v) is 6.03. The van der Waals surface area contributed by atoms with Crippen LogP contribution in [0.2, 0.25) is 0 Å². The Labute approximate surface area is 163 Å². The molecule has 4 heteroatoms. The van der Waals surface area contributed by atoms with Gasteiger partial charge in [-0.1, -0.05) is 48.4 Å². The van der Waals surface area contributed by atoms with Crippen LogP contribution in [0.1, 0.15) is 57.9 Å². The van der Waals surface area contributed by atoms with Crippen molar-refractivity contribution in [1.29, 1.82) is 0 Å². The van der Waals surface area contributed by atoms with Gasteiger partial charge in [-0.05, 0) is 51.5 Å². The van der Waals surface area contributed by atoms with Crippen molar-refractivity contribution in [3.05, 3.63) is 47.5 Å². The summed E-state index contributed by atoms with van der Waals surface area (Å²) in [6.07, 6.45) is 7.76. The zero-order valence-electron chi connectivity index (χ0n) is 16.7. The van der Waals surface area contributed by atoms with Crippen LogP contribution in [0.5, 0.6) is 0 Å². The molecule has 2 aliphatic rings. The zero-order chi connectivity index (χ0) is 19.3. The van der Waals surface area contributed by atoms with Crippen LogP contribution in [-0.2, 0) is 15.1 Å². The summed E-state index contributed by atoms with van der Waals surface area (Å²) in [5.74, 6) is -0.488. The van der Waals surface area contributed by atoms with E-state index in [-0.39, 0.29) is 12.0 Å². The van der Waals surface area contributed by atoms with Gasteiger partial charge in [-0.3, -0.25) is 0 Å². The predicted octanol–water partition coefficient (Wildman–Crippen LogP) is 4.04. The van der Waals surface area contributed by atoms with Gasteiger partial charge in [0, 0.05) is 25.6 Å². The third kappa shape index (κ3) is 4.80. The number of allylic oxidation sites excluding steroid dienone is 1. The van der Waals surface area contributed by atoms with Gasteiger partial charge in [0.25, 0.3) is 0 Å². The topological polar surface area (TPSA) is 49.8 Å². The van der Waals surface area contributed by atoms with Crippen molar-refractivity contribution in [3.63, 3.8) is 0 Å². The van der Waals surface area contributed by atoms with Gasteiger partial charge in [-0.15, -0.1) is 0 Å². The zero-order valence-corrected chi connectivity index (χ0v) is 16.7. The molecule has 1 saturated carbocycles. The largest absolute Gasteiger partial charge is 0.460 e. The number of benzene rings is 1. The Morgan fingerprint density at radius 2 is 1.85 bits per heavy atom. The van der Waals surface area contributed by atoms with Crippen molar-refractivity contribution in [2.24, 2.45) is 5.92 Å². The summed E-state index contributed by atoms with van der Waals surface area (Å²) < 4.78 is 5.83. The van der Waals surface area contributed by atoms with Crippen molar-refractivity contribution in [2.45, 2.75) is 64.1 Å². The molecular weight excluding hydrogens is 338 g/mol. The van der Waals surface area contributed by atoms with E-state index in [1.54, 1.807) is 0 Å². The van der Waals surface area contributed by atoms with Gasteiger partial charge in [0.2, 0.25) is 0 Å². The van der Waals surface area contributed by atoms with Crippen molar-refractivity contribution in [1.82, 2.24) is 4.90 Å². The minimum Gasteiger partial charge on any atom is -0.460 e. The molecule has 1 aliphatic carbocycles. The Hall–Kier alpha value is -1.65. The summed E-state index contributed by atoms with van der Waals surface area (Å²) in [4.78, 5) is 15.4. The molecule has 148 valence electrons. The highest BCUT2D eigenvalue weighted by atomic mass is 16.6. The Kier molecular flexibility index (Phi) is 6.72. The molecule has 0 bridgehead atoms. The standard InChI is InChI=1S/C23H33NO3/c1-18(2)8-7-15-24-16-13-21(14-17-24)27-22(25)23(26,20-11-6-12-20)19-9-4-3-5-10-19/h3-5,8-10,20-21,26H,6-7,11-17H2,1-2H3. The van der Waals surface area contributed by atoms with Crippen molar-refractivity contribution in [3.8, 4) is 0 Å². The van der Waals surface area contributed by atoms with Gasteiger partial charge >= 0.3 is 5.97 Å². The maximum absolute atomic E-state index is 13.0. The average Bonchev–Trinajstić information content (AvgIpc) is 2.62. The summed E-state index contributed by atoms with van der Waals surface area (Å²) in [7, 11) is 0. The van der Waals surface area contributed by atoms with E-state index in [9.17, 15) is 9.90 Å². The highest BCUT2D eigenvalue weighted by Crippen LogP contribution is 2.43. The average molecular weight is 372 g/mol. The van der Waals surface area contributed by atoms with Crippen LogP contribution in [0.4, 0.5) is 0 Å². The first kappa shape index (κ1) is 20.1. The van der Waals surface area contributed by atoms with Crippen LogP contribution >= 0.6 is 0 Å². The molecule has 1 N–H and O–H groups in total. The van der Waals surface area contributed by atoms with Gasteiger partial charge in [0.15, 0.2) is 5.60 Å². The second-order valence-corrected chi connectivity index (χ2v) is 8.28. The number of hydrogen-bond donors (Lipinski definition) is 1. The Bertz CT molecular complexity index is 641. The van der Waals surface area contributed by atoms with Crippen LogP contribution in [-0.4, -0.2) is 41.7 Å². The fourth-order valence-corrected chi connectivity index (χ4v) is 4.07. The lowest BCUT2D eigenvalue weighted by Gasteiger charge is -2.41. The maximum atomic E-state index is 13.0. The van der Waals surface area contributed by atoms with Gasteiger partial charge in [0.1, 0.15) is 6.10 Å². The third-order valence-electron chi connectivity index (χ3n) is 6.03. The summed E-state index contributed by atoms with van der Waals surface area (Å²) in [6, 6.07) is 9.33. The lowest BCUT2D eigenvalue weighted by Crippen LogP contribution is -2.49. The smallest absolute Gasteiger partial charge is 0.343 e. The summed E-state index contributed by atoms with van der Waals surface area (Å²) in [5.41, 5.74) is 0.522. The maximum Gasteiger partial charge on any atom is 0.343 e. The van der Waals surface area contributed by atoms with Gasteiger partial charge in [-0.25, -0.2) is 4.79 Å². The number of carbonyl (C=O) groups excluding carboxylic acids is 1.